The van der Waals surface area contributed by atoms with Crippen LogP contribution in [-0.2, 0) is 19.1 Å². The van der Waals surface area contributed by atoms with E-state index in [4.69, 9.17) is 4.74 Å². The first-order valence-electron chi connectivity index (χ1n) is 13.5. The van der Waals surface area contributed by atoms with E-state index in [0.29, 0.717) is 24.5 Å². The number of rotatable bonds is 9. The Bertz CT molecular complexity index is 951. The second kappa shape index (κ2) is 13.2. The lowest BCUT2D eigenvalue weighted by Gasteiger charge is -2.40. The SMILES string of the molecule is CCOC(=O)/C(C)=C/[C@H](C(C)C)N(C)C(=O)[C@@H](NC(=O)[C@@H]1C[C@@H](c2ccccc2)CCN1C)C(C)(C)C. The van der Waals surface area contributed by atoms with Crippen molar-refractivity contribution in [3.8, 4) is 0 Å². The summed E-state index contributed by atoms with van der Waals surface area (Å²) in [4.78, 5) is 43.4. The Morgan fingerprint density at radius 3 is 2.35 bits per heavy atom. The highest BCUT2D eigenvalue weighted by Gasteiger charge is 2.40. The van der Waals surface area contributed by atoms with E-state index < -0.39 is 11.5 Å². The number of benzene rings is 1. The fraction of sp³-hybridized carbons (Fsp3) is 0.633. The average molecular weight is 514 g/mol. The molecule has 1 fully saturated rings. The van der Waals surface area contributed by atoms with Crippen LogP contribution in [0, 0.1) is 11.3 Å². The Kier molecular flexibility index (Phi) is 10.9. The summed E-state index contributed by atoms with van der Waals surface area (Å²) in [6.45, 7) is 14.5. The van der Waals surface area contributed by atoms with Crippen molar-refractivity contribution in [1.29, 1.82) is 0 Å². The first-order valence-corrected chi connectivity index (χ1v) is 13.5. The molecule has 0 spiro atoms. The molecule has 206 valence electrons. The van der Waals surface area contributed by atoms with E-state index >= 15 is 0 Å². The Balaban J connectivity index is 2.25. The van der Waals surface area contributed by atoms with E-state index in [1.54, 1.807) is 31.9 Å². The molecule has 4 atom stereocenters. The van der Waals surface area contributed by atoms with Gasteiger partial charge in [0.2, 0.25) is 11.8 Å². The monoisotopic (exact) mass is 513 g/mol. The van der Waals surface area contributed by atoms with Crippen LogP contribution in [-0.4, -0.2) is 73.0 Å². The van der Waals surface area contributed by atoms with Crippen LogP contribution in [0.25, 0.3) is 0 Å². The van der Waals surface area contributed by atoms with Crippen molar-refractivity contribution in [2.45, 2.75) is 85.4 Å². The highest BCUT2D eigenvalue weighted by molar-refractivity contribution is 5.91. The molecule has 1 aromatic carbocycles. The standard InChI is InChI=1S/C30H47N3O4/c1-10-37-29(36)21(4)18-24(20(2)3)33(9)28(35)26(30(5,6)7)31-27(34)25-19-23(16-17-32(25)8)22-14-12-11-13-15-22/h11-15,18,20,23-26H,10,16-17,19H2,1-9H3,(H,31,34)/b21-18+/t23-,24+,25-,26+/m0/s1. The largest absolute Gasteiger partial charge is 0.463 e. The molecular weight excluding hydrogens is 466 g/mol. The lowest BCUT2D eigenvalue weighted by Crippen LogP contribution is -2.60. The molecule has 0 bridgehead atoms. The molecule has 0 radical (unpaired) electrons. The summed E-state index contributed by atoms with van der Waals surface area (Å²) in [5.74, 6) is -0.315. The third-order valence-electron chi connectivity index (χ3n) is 7.34. The summed E-state index contributed by atoms with van der Waals surface area (Å²) in [7, 11) is 3.72. The van der Waals surface area contributed by atoms with E-state index in [0.717, 1.165) is 13.0 Å². The number of nitrogens with zero attached hydrogens (tertiary/aromatic N) is 2. The minimum Gasteiger partial charge on any atom is -0.463 e. The summed E-state index contributed by atoms with van der Waals surface area (Å²) < 4.78 is 5.12. The predicted molar refractivity (Wildman–Crippen MR) is 148 cm³/mol. The van der Waals surface area contributed by atoms with Gasteiger partial charge in [-0.1, -0.05) is 71.0 Å². The number of ether oxygens (including phenoxy) is 1. The van der Waals surface area contributed by atoms with Gasteiger partial charge in [0.15, 0.2) is 0 Å². The van der Waals surface area contributed by atoms with Crippen LogP contribution in [0.1, 0.15) is 72.8 Å². The second-order valence-corrected chi connectivity index (χ2v) is 11.7. The topological polar surface area (TPSA) is 79.0 Å². The molecule has 1 aliphatic heterocycles. The minimum atomic E-state index is -0.715. The lowest BCUT2D eigenvalue weighted by molar-refractivity contribution is -0.142. The number of piperidine rings is 1. The molecule has 7 heteroatoms. The zero-order valence-corrected chi connectivity index (χ0v) is 24.2. The first-order chi connectivity index (χ1) is 17.3. The Labute approximate surface area is 223 Å². The predicted octanol–water partition coefficient (Wildman–Crippen LogP) is 4.39. The quantitative estimate of drug-likeness (QED) is 0.391. The Hall–Kier alpha value is -2.67. The normalized spacial score (nSPS) is 20.8. The Morgan fingerprint density at radius 1 is 1.19 bits per heavy atom. The number of hydrogen-bond donors (Lipinski definition) is 1. The number of amides is 2. The maximum Gasteiger partial charge on any atom is 0.333 e. The van der Waals surface area contributed by atoms with Crippen molar-refractivity contribution < 1.29 is 19.1 Å². The van der Waals surface area contributed by atoms with Crippen molar-refractivity contribution in [2.75, 3.05) is 27.2 Å². The van der Waals surface area contributed by atoms with Gasteiger partial charge in [-0.15, -0.1) is 0 Å². The fourth-order valence-electron chi connectivity index (χ4n) is 4.98. The molecule has 1 aromatic rings. The van der Waals surface area contributed by atoms with E-state index in [9.17, 15) is 14.4 Å². The summed E-state index contributed by atoms with van der Waals surface area (Å²) in [6.07, 6.45) is 3.50. The molecule has 1 heterocycles. The van der Waals surface area contributed by atoms with Crippen LogP contribution in [0.2, 0.25) is 0 Å². The van der Waals surface area contributed by atoms with Crippen molar-refractivity contribution in [3.05, 3.63) is 47.5 Å². The molecule has 0 saturated carbocycles. The van der Waals surface area contributed by atoms with Crippen molar-refractivity contribution in [3.63, 3.8) is 0 Å². The highest BCUT2D eigenvalue weighted by atomic mass is 16.5. The van der Waals surface area contributed by atoms with Crippen LogP contribution in [0.3, 0.4) is 0 Å². The van der Waals surface area contributed by atoms with Crippen LogP contribution in [0.4, 0.5) is 0 Å². The van der Waals surface area contributed by atoms with Gasteiger partial charge in [0.25, 0.3) is 0 Å². The molecule has 2 rings (SSSR count). The van der Waals surface area contributed by atoms with E-state index in [1.165, 1.54) is 5.56 Å². The number of carbonyl (C=O) groups is 3. The van der Waals surface area contributed by atoms with Gasteiger partial charge >= 0.3 is 5.97 Å². The summed E-state index contributed by atoms with van der Waals surface area (Å²) in [5, 5.41) is 3.12. The number of nitrogens with one attached hydrogen (secondary N) is 1. The molecule has 1 N–H and O–H groups in total. The van der Waals surface area contributed by atoms with E-state index in [1.807, 2.05) is 59.9 Å². The molecule has 0 aromatic heterocycles. The summed E-state index contributed by atoms with van der Waals surface area (Å²) in [6, 6.07) is 8.98. The van der Waals surface area contributed by atoms with Crippen molar-refractivity contribution >= 4 is 17.8 Å². The smallest absolute Gasteiger partial charge is 0.333 e. The summed E-state index contributed by atoms with van der Waals surface area (Å²) >= 11 is 0. The number of likely N-dealkylation sites (tertiary alicyclic amines) is 1. The molecule has 2 amide bonds. The summed E-state index contributed by atoms with van der Waals surface area (Å²) in [5.41, 5.74) is 1.21. The van der Waals surface area contributed by atoms with Crippen LogP contribution in [0.5, 0.6) is 0 Å². The number of carbonyl (C=O) groups excluding carboxylic acids is 3. The highest BCUT2D eigenvalue weighted by Crippen LogP contribution is 2.31. The molecule has 0 unspecified atom stereocenters. The van der Waals surface area contributed by atoms with Crippen molar-refractivity contribution in [1.82, 2.24) is 15.1 Å². The number of hydrogen-bond acceptors (Lipinski definition) is 5. The maximum atomic E-state index is 13.9. The van der Waals surface area contributed by atoms with Gasteiger partial charge in [-0.2, -0.15) is 0 Å². The van der Waals surface area contributed by atoms with E-state index in [2.05, 4.69) is 22.3 Å². The van der Waals surface area contributed by atoms with Gasteiger partial charge in [0, 0.05) is 12.6 Å². The minimum absolute atomic E-state index is 0.0609. The van der Waals surface area contributed by atoms with Crippen LogP contribution >= 0.6 is 0 Å². The number of likely N-dealkylation sites (N-methyl/N-ethyl adjacent to an activating group) is 2. The Morgan fingerprint density at radius 2 is 1.81 bits per heavy atom. The fourth-order valence-corrected chi connectivity index (χ4v) is 4.98. The number of esters is 1. The third kappa shape index (κ3) is 8.16. The zero-order valence-electron chi connectivity index (χ0n) is 24.2. The van der Waals surface area contributed by atoms with Crippen LogP contribution in [0.15, 0.2) is 42.0 Å². The van der Waals surface area contributed by atoms with E-state index in [-0.39, 0.29) is 35.8 Å². The van der Waals surface area contributed by atoms with Crippen molar-refractivity contribution in [2.24, 2.45) is 11.3 Å². The lowest BCUT2D eigenvalue weighted by atomic mass is 9.83. The van der Waals surface area contributed by atoms with Gasteiger partial charge in [0.05, 0.1) is 18.7 Å². The molecule has 7 nitrogen and oxygen atoms in total. The van der Waals surface area contributed by atoms with Gasteiger partial charge in [-0.05, 0) is 63.1 Å². The van der Waals surface area contributed by atoms with Gasteiger partial charge in [-0.25, -0.2) is 4.79 Å². The molecule has 1 aliphatic rings. The molecular formula is C30H47N3O4. The molecule has 1 saturated heterocycles. The maximum absolute atomic E-state index is 13.9. The average Bonchev–Trinajstić information content (AvgIpc) is 2.84. The molecule has 37 heavy (non-hydrogen) atoms. The second-order valence-electron chi connectivity index (χ2n) is 11.7. The van der Waals surface area contributed by atoms with Gasteiger partial charge in [-0.3, -0.25) is 14.5 Å². The third-order valence-corrected chi connectivity index (χ3v) is 7.34. The zero-order chi connectivity index (χ0) is 27.9. The van der Waals surface area contributed by atoms with Crippen LogP contribution < -0.4 is 5.32 Å². The van der Waals surface area contributed by atoms with Gasteiger partial charge in [0.1, 0.15) is 6.04 Å². The first kappa shape index (κ1) is 30.6. The van der Waals surface area contributed by atoms with Gasteiger partial charge < -0.3 is 15.0 Å². The molecule has 0 aliphatic carbocycles.